The maximum absolute atomic E-state index is 12.5. The Balaban J connectivity index is 2.81. The maximum Gasteiger partial charge on any atom is 0.411 e. The van der Waals surface area contributed by atoms with Gasteiger partial charge >= 0.3 is 12.2 Å². The monoisotopic (exact) mass is 358 g/mol. The second-order valence-corrected chi connectivity index (χ2v) is 8.04. The molecule has 1 rings (SSSR count). The fourth-order valence-corrected chi connectivity index (χ4v) is 2.35. The summed E-state index contributed by atoms with van der Waals surface area (Å²) in [6.45, 7) is 11.1. The van der Waals surface area contributed by atoms with Crippen molar-refractivity contribution < 1.29 is 23.9 Å². The van der Waals surface area contributed by atoms with Crippen molar-refractivity contribution in [3.8, 4) is 0 Å². The molecular formula is C16H30N4O5. The Morgan fingerprint density at radius 3 is 2.16 bits per heavy atom. The highest BCUT2D eigenvalue weighted by Crippen LogP contribution is 2.21. The summed E-state index contributed by atoms with van der Waals surface area (Å²) in [4.78, 5) is 39.1. The number of hydrazine groups is 1. The van der Waals surface area contributed by atoms with Crippen LogP contribution in [0.25, 0.3) is 0 Å². The van der Waals surface area contributed by atoms with Crippen molar-refractivity contribution in [2.45, 2.75) is 65.2 Å². The number of nitrogens with two attached hydrogens (primary N) is 1. The molecule has 0 saturated carbocycles. The largest absolute Gasteiger partial charge is 0.444 e. The van der Waals surface area contributed by atoms with Gasteiger partial charge in [0.05, 0.1) is 6.04 Å². The number of nitrogens with zero attached hydrogens (tertiary/aromatic N) is 2. The molecule has 0 radical (unpaired) electrons. The van der Waals surface area contributed by atoms with E-state index in [1.807, 2.05) is 5.43 Å². The minimum Gasteiger partial charge on any atom is -0.444 e. The molecular weight excluding hydrogens is 328 g/mol. The first-order valence-corrected chi connectivity index (χ1v) is 8.29. The number of hydrogen-bond acceptors (Lipinski definition) is 6. The van der Waals surface area contributed by atoms with Gasteiger partial charge in [-0.1, -0.05) is 0 Å². The summed E-state index contributed by atoms with van der Waals surface area (Å²) in [5.41, 5.74) is 0.714. The molecule has 0 bridgehead atoms. The molecule has 144 valence electrons. The molecule has 0 aromatic rings. The Kier molecular flexibility index (Phi) is 6.64. The molecule has 1 atom stereocenters. The maximum atomic E-state index is 12.5. The second-order valence-electron chi connectivity index (χ2n) is 8.04. The number of ether oxygens (including phenoxy) is 2. The van der Waals surface area contributed by atoms with Crippen molar-refractivity contribution in [3.63, 3.8) is 0 Å². The van der Waals surface area contributed by atoms with E-state index in [1.54, 1.807) is 41.5 Å². The number of rotatable bonds is 3. The Labute approximate surface area is 148 Å². The zero-order valence-corrected chi connectivity index (χ0v) is 15.9. The van der Waals surface area contributed by atoms with Gasteiger partial charge in [-0.3, -0.25) is 15.1 Å². The van der Waals surface area contributed by atoms with Gasteiger partial charge in [-0.2, -0.15) is 0 Å². The van der Waals surface area contributed by atoms with Crippen LogP contribution in [-0.4, -0.2) is 64.8 Å². The lowest BCUT2D eigenvalue weighted by molar-refractivity contribution is -0.122. The van der Waals surface area contributed by atoms with E-state index in [1.165, 1.54) is 9.80 Å². The van der Waals surface area contributed by atoms with Gasteiger partial charge < -0.3 is 14.4 Å². The molecule has 1 fully saturated rings. The Morgan fingerprint density at radius 1 is 1.12 bits per heavy atom. The lowest BCUT2D eigenvalue weighted by atomic mass is 10.2. The molecule has 1 aliphatic heterocycles. The molecule has 9 nitrogen and oxygen atoms in total. The van der Waals surface area contributed by atoms with Crippen LogP contribution in [0.3, 0.4) is 0 Å². The molecule has 0 aromatic carbocycles. The van der Waals surface area contributed by atoms with Crippen LogP contribution in [0, 0.1) is 0 Å². The van der Waals surface area contributed by atoms with Crippen molar-refractivity contribution in [3.05, 3.63) is 0 Å². The molecule has 9 heteroatoms. The van der Waals surface area contributed by atoms with Crippen molar-refractivity contribution in [2.75, 3.05) is 19.6 Å². The van der Waals surface area contributed by atoms with Crippen LogP contribution in [0.15, 0.2) is 0 Å². The molecule has 3 N–H and O–H groups in total. The minimum atomic E-state index is -0.696. The summed E-state index contributed by atoms with van der Waals surface area (Å²) in [6.07, 6.45) is -0.536. The van der Waals surface area contributed by atoms with Crippen LogP contribution in [-0.2, 0) is 14.3 Å². The first-order valence-electron chi connectivity index (χ1n) is 8.29. The molecule has 1 aliphatic rings. The Hall–Kier alpha value is -2.03. The van der Waals surface area contributed by atoms with Gasteiger partial charge in [0, 0.05) is 13.1 Å². The van der Waals surface area contributed by atoms with Gasteiger partial charge in [-0.25, -0.2) is 15.4 Å². The van der Waals surface area contributed by atoms with E-state index in [0.29, 0.717) is 13.0 Å². The zero-order chi connectivity index (χ0) is 19.4. The van der Waals surface area contributed by atoms with Crippen LogP contribution < -0.4 is 11.3 Å². The average Bonchev–Trinajstić information content (AvgIpc) is 2.90. The highest BCUT2D eigenvalue weighted by atomic mass is 16.6. The third-order valence-electron chi connectivity index (χ3n) is 3.36. The molecule has 25 heavy (non-hydrogen) atoms. The predicted octanol–water partition coefficient (Wildman–Crippen LogP) is 1.22. The van der Waals surface area contributed by atoms with Gasteiger partial charge in [0.15, 0.2) is 0 Å². The highest BCUT2D eigenvalue weighted by molar-refractivity contribution is 5.82. The number of likely N-dealkylation sites (tertiary alicyclic amines) is 1. The lowest BCUT2D eigenvalue weighted by Crippen LogP contribution is -2.50. The van der Waals surface area contributed by atoms with Crippen LogP contribution >= 0.6 is 0 Å². The minimum absolute atomic E-state index is 0.238. The summed E-state index contributed by atoms with van der Waals surface area (Å²) in [7, 11) is 0. The Bertz CT molecular complexity index is 510. The van der Waals surface area contributed by atoms with E-state index >= 15 is 0 Å². The van der Waals surface area contributed by atoms with E-state index in [9.17, 15) is 14.4 Å². The SMILES string of the molecule is CC(C)(C)OC(=O)N1CC[C@@H](N(CC(=O)NN)C(=O)OC(C)(C)C)C1. The van der Waals surface area contributed by atoms with E-state index in [0.717, 1.165) is 0 Å². The van der Waals surface area contributed by atoms with Crippen LogP contribution in [0.4, 0.5) is 9.59 Å². The number of carbonyl (C=O) groups is 3. The fourth-order valence-electron chi connectivity index (χ4n) is 2.35. The first-order chi connectivity index (χ1) is 11.3. The van der Waals surface area contributed by atoms with Crippen LogP contribution in [0.2, 0.25) is 0 Å². The van der Waals surface area contributed by atoms with Gasteiger partial charge in [0.25, 0.3) is 5.91 Å². The summed E-state index contributed by atoms with van der Waals surface area (Å²) in [5, 5.41) is 0. The van der Waals surface area contributed by atoms with Crippen molar-refractivity contribution in [1.82, 2.24) is 15.2 Å². The van der Waals surface area contributed by atoms with E-state index in [2.05, 4.69) is 0 Å². The van der Waals surface area contributed by atoms with Crippen LogP contribution in [0.5, 0.6) is 0 Å². The van der Waals surface area contributed by atoms with E-state index < -0.39 is 29.3 Å². The van der Waals surface area contributed by atoms with Crippen LogP contribution in [0.1, 0.15) is 48.0 Å². The third kappa shape index (κ3) is 7.16. The van der Waals surface area contributed by atoms with Gasteiger partial charge in [-0.05, 0) is 48.0 Å². The quantitative estimate of drug-likeness (QED) is 0.445. The first kappa shape index (κ1) is 21.0. The molecule has 1 heterocycles. The molecule has 0 aliphatic carbocycles. The highest BCUT2D eigenvalue weighted by Gasteiger charge is 2.37. The molecule has 0 unspecified atom stereocenters. The van der Waals surface area contributed by atoms with Gasteiger partial charge in [-0.15, -0.1) is 0 Å². The van der Waals surface area contributed by atoms with Crippen molar-refractivity contribution in [1.29, 1.82) is 0 Å². The summed E-state index contributed by atoms with van der Waals surface area (Å²) in [6, 6.07) is -0.348. The average molecular weight is 358 g/mol. The van der Waals surface area contributed by atoms with E-state index in [4.69, 9.17) is 15.3 Å². The zero-order valence-electron chi connectivity index (χ0n) is 15.9. The number of amides is 3. The standard InChI is InChI=1S/C16H30N4O5/c1-15(2,3)24-13(22)19-8-7-11(9-19)20(10-12(21)18-17)14(23)25-16(4,5)6/h11H,7-10,17H2,1-6H3,(H,18,21)/t11-/m1/s1. The smallest absolute Gasteiger partial charge is 0.411 e. The lowest BCUT2D eigenvalue weighted by Gasteiger charge is -2.31. The predicted molar refractivity (Wildman–Crippen MR) is 91.5 cm³/mol. The molecule has 3 amide bonds. The molecule has 0 spiro atoms. The molecule has 1 saturated heterocycles. The van der Waals surface area contributed by atoms with Gasteiger partial charge in [0.2, 0.25) is 0 Å². The Morgan fingerprint density at radius 2 is 1.68 bits per heavy atom. The topological polar surface area (TPSA) is 114 Å². The fraction of sp³-hybridized carbons (Fsp3) is 0.812. The second kappa shape index (κ2) is 7.90. The normalized spacial score (nSPS) is 17.9. The van der Waals surface area contributed by atoms with Crippen molar-refractivity contribution >= 4 is 18.1 Å². The summed E-state index contributed by atoms with van der Waals surface area (Å²) >= 11 is 0. The van der Waals surface area contributed by atoms with Crippen molar-refractivity contribution in [2.24, 2.45) is 5.84 Å². The molecule has 0 aromatic heterocycles. The van der Waals surface area contributed by atoms with E-state index in [-0.39, 0.29) is 19.1 Å². The number of carbonyl (C=O) groups excluding carboxylic acids is 3. The number of hydrogen-bond donors (Lipinski definition) is 2. The summed E-state index contributed by atoms with van der Waals surface area (Å²) in [5.74, 6) is 4.62. The third-order valence-corrected chi connectivity index (χ3v) is 3.36. The number of nitrogens with one attached hydrogen (secondary N) is 1. The summed E-state index contributed by atoms with van der Waals surface area (Å²) < 4.78 is 10.7. The van der Waals surface area contributed by atoms with Gasteiger partial charge in [0.1, 0.15) is 17.7 Å².